The molecule has 0 atom stereocenters. The van der Waals surface area contributed by atoms with Gasteiger partial charge in [-0.05, 0) is 31.2 Å². The number of anilines is 2. The predicted octanol–water partition coefficient (Wildman–Crippen LogP) is 3.99. The Labute approximate surface area is 137 Å². The molecule has 2 aromatic rings. The molecular weight excluding hydrogens is 321 g/mol. The summed E-state index contributed by atoms with van der Waals surface area (Å²) < 4.78 is 41.5. The van der Waals surface area contributed by atoms with Gasteiger partial charge in [0.15, 0.2) is 6.61 Å². The van der Waals surface area contributed by atoms with Crippen molar-refractivity contribution in [3.8, 4) is 5.75 Å². The normalized spacial score (nSPS) is 11.0. The van der Waals surface area contributed by atoms with Crippen LogP contribution >= 0.6 is 0 Å². The van der Waals surface area contributed by atoms with Crippen LogP contribution in [0.3, 0.4) is 0 Å². The fourth-order valence-electron chi connectivity index (χ4n) is 1.92. The van der Waals surface area contributed by atoms with E-state index in [0.29, 0.717) is 11.4 Å². The van der Waals surface area contributed by atoms with Gasteiger partial charge in [0.05, 0.1) is 12.2 Å². The van der Waals surface area contributed by atoms with E-state index in [0.717, 1.165) is 5.56 Å². The van der Waals surface area contributed by atoms with Crippen LogP contribution in [0.15, 0.2) is 48.5 Å². The lowest BCUT2D eigenvalue weighted by Gasteiger charge is -2.14. The lowest BCUT2D eigenvalue weighted by atomic mass is 10.2. The molecule has 2 aromatic carbocycles. The van der Waals surface area contributed by atoms with Crippen molar-refractivity contribution < 1.29 is 22.7 Å². The van der Waals surface area contributed by atoms with E-state index in [4.69, 9.17) is 4.74 Å². The highest BCUT2D eigenvalue weighted by Gasteiger charge is 2.28. The van der Waals surface area contributed by atoms with E-state index >= 15 is 0 Å². The summed E-state index contributed by atoms with van der Waals surface area (Å²) in [5.41, 5.74) is 2.04. The van der Waals surface area contributed by atoms with Gasteiger partial charge in [0.1, 0.15) is 5.75 Å². The third-order valence-electron chi connectivity index (χ3n) is 3.05. The van der Waals surface area contributed by atoms with E-state index in [1.54, 1.807) is 30.3 Å². The van der Waals surface area contributed by atoms with E-state index < -0.39 is 12.8 Å². The Balaban J connectivity index is 1.91. The number of halogens is 3. The van der Waals surface area contributed by atoms with Gasteiger partial charge in [-0.25, -0.2) is 0 Å². The van der Waals surface area contributed by atoms with Gasteiger partial charge in [-0.15, -0.1) is 0 Å². The minimum absolute atomic E-state index is 0.0398. The number of benzene rings is 2. The molecular formula is C17H17F3N2O2. The topological polar surface area (TPSA) is 50.4 Å². The van der Waals surface area contributed by atoms with Crippen LogP contribution in [0, 0.1) is 6.92 Å². The Hall–Kier alpha value is -2.70. The fraction of sp³-hybridized carbons (Fsp3) is 0.235. The maximum Gasteiger partial charge on any atom is 0.422 e. The first-order chi connectivity index (χ1) is 11.3. The van der Waals surface area contributed by atoms with Crippen molar-refractivity contribution in [3.63, 3.8) is 0 Å². The Bertz CT molecular complexity index is 685. The number of carbonyl (C=O) groups excluding carboxylic acids is 1. The van der Waals surface area contributed by atoms with Crippen LogP contribution in [0.1, 0.15) is 5.56 Å². The average molecular weight is 338 g/mol. The van der Waals surface area contributed by atoms with E-state index in [1.165, 1.54) is 6.07 Å². The molecule has 0 fully saturated rings. The van der Waals surface area contributed by atoms with Crippen molar-refractivity contribution in [3.05, 3.63) is 54.1 Å². The lowest BCUT2D eigenvalue weighted by molar-refractivity contribution is -0.153. The van der Waals surface area contributed by atoms with Gasteiger partial charge in [0.2, 0.25) is 5.91 Å². The van der Waals surface area contributed by atoms with Gasteiger partial charge in [0.25, 0.3) is 0 Å². The van der Waals surface area contributed by atoms with Crippen molar-refractivity contribution >= 4 is 17.3 Å². The van der Waals surface area contributed by atoms with Gasteiger partial charge < -0.3 is 15.4 Å². The standard InChI is InChI=1S/C17H17F3N2O2/c1-12-6-8-13(9-7-12)22-16(23)10-21-14-4-2-3-5-15(14)24-11-17(18,19)20/h2-9,21H,10-11H2,1H3,(H,22,23). The first-order valence-electron chi connectivity index (χ1n) is 7.22. The van der Waals surface area contributed by atoms with E-state index in [1.807, 2.05) is 19.1 Å². The minimum Gasteiger partial charge on any atom is -0.482 e. The van der Waals surface area contributed by atoms with Gasteiger partial charge in [-0.1, -0.05) is 29.8 Å². The molecule has 0 aliphatic rings. The van der Waals surface area contributed by atoms with Crippen LogP contribution in [-0.4, -0.2) is 25.2 Å². The number of carbonyl (C=O) groups is 1. The Kier molecular flexibility index (Phi) is 5.68. The monoisotopic (exact) mass is 338 g/mol. The van der Waals surface area contributed by atoms with Gasteiger partial charge >= 0.3 is 6.18 Å². The molecule has 0 radical (unpaired) electrons. The molecule has 2 N–H and O–H groups in total. The number of rotatable bonds is 6. The highest BCUT2D eigenvalue weighted by atomic mass is 19.4. The maximum atomic E-state index is 12.2. The molecule has 0 aliphatic heterocycles. The fourth-order valence-corrected chi connectivity index (χ4v) is 1.92. The molecule has 128 valence electrons. The van der Waals surface area contributed by atoms with Crippen LogP contribution in [0.5, 0.6) is 5.75 Å². The van der Waals surface area contributed by atoms with Crippen molar-refractivity contribution in [2.75, 3.05) is 23.8 Å². The van der Waals surface area contributed by atoms with Crippen LogP contribution in [0.4, 0.5) is 24.5 Å². The third kappa shape index (κ3) is 5.83. The molecule has 2 rings (SSSR count). The smallest absolute Gasteiger partial charge is 0.422 e. The summed E-state index contributed by atoms with van der Waals surface area (Å²) in [6.45, 7) is 0.451. The van der Waals surface area contributed by atoms with Gasteiger partial charge in [-0.2, -0.15) is 13.2 Å². The van der Waals surface area contributed by atoms with Crippen molar-refractivity contribution in [1.29, 1.82) is 0 Å². The number of hydrogen-bond acceptors (Lipinski definition) is 3. The SMILES string of the molecule is Cc1ccc(NC(=O)CNc2ccccc2OCC(F)(F)F)cc1. The molecule has 24 heavy (non-hydrogen) atoms. The van der Waals surface area contributed by atoms with Crippen LogP contribution in [-0.2, 0) is 4.79 Å². The zero-order valence-corrected chi connectivity index (χ0v) is 13.0. The molecule has 0 heterocycles. The van der Waals surface area contributed by atoms with Crippen molar-refractivity contribution in [1.82, 2.24) is 0 Å². The number of aryl methyl sites for hydroxylation is 1. The molecule has 4 nitrogen and oxygen atoms in total. The van der Waals surface area contributed by atoms with E-state index in [-0.39, 0.29) is 18.2 Å². The highest BCUT2D eigenvalue weighted by Crippen LogP contribution is 2.26. The van der Waals surface area contributed by atoms with Gasteiger partial charge in [-0.3, -0.25) is 4.79 Å². The summed E-state index contributed by atoms with van der Waals surface area (Å²) in [5, 5.41) is 5.47. The number of para-hydroxylation sites is 2. The average Bonchev–Trinajstić information content (AvgIpc) is 2.53. The molecule has 7 heteroatoms. The first-order valence-corrected chi connectivity index (χ1v) is 7.22. The largest absolute Gasteiger partial charge is 0.482 e. The highest BCUT2D eigenvalue weighted by molar-refractivity contribution is 5.93. The van der Waals surface area contributed by atoms with Crippen molar-refractivity contribution in [2.45, 2.75) is 13.1 Å². The Morgan fingerprint density at radius 3 is 2.42 bits per heavy atom. The molecule has 0 unspecified atom stereocenters. The molecule has 0 spiro atoms. The molecule has 0 saturated carbocycles. The van der Waals surface area contributed by atoms with E-state index in [9.17, 15) is 18.0 Å². The van der Waals surface area contributed by atoms with E-state index in [2.05, 4.69) is 10.6 Å². The molecule has 1 amide bonds. The summed E-state index contributed by atoms with van der Waals surface area (Å²) in [5.74, 6) is -0.276. The summed E-state index contributed by atoms with van der Waals surface area (Å²) in [4.78, 5) is 11.9. The maximum absolute atomic E-state index is 12.2. The first kappa shape index (κ1) is 17.7. The van der Waals surface area contributed by atoms with Crippen LogP contribution < -0.4 is 15.4 Å². The Morgan fingerprint density at radius 2 is 1.75 bits per heavy atom. The number of ether oxygens (including phenoxy) is 1. The number of hydrogen-bond donors (Lipinski definition) is 2. The molecule has 0 saturated heterocycles. The van der Waals surface area contributed by atoms with Crippen molar-refractivity contribution in [2.24, 2.45) is 0 Å². The third-order valence-corrected chi connectivity index (χ3v) is 3.05. The molecule has 0 aliphatic carbocycles. The summed E-state index contributed by atoms with van der Waals surface area (Å²) in [7, 11) is 0. The number of alkyl halides is 3. The Morgan fingerprint density at radius 1 is 1.08 bits per heavy atom. The number of amides is 1. The quantitative estimate of drug-likeness (QED) is 0.837. The summed E-state index contributed by atoms with van der Waals surface area (Å²) in [6, 6.07) is 13.4. The second kappa shape index (κ2) is 7.72. The summed E-state index contributed by atoms with van der Waals surface area (Å²) >= 11 is 0. The van der Waals surface area contributed by atoms with Crippen LogP contribution in [0.2, 0.25) is 0 Å². The second-order valence-corrected chi connectivity index (χ2v) is 5.17. The summed E-state index contributed by atoms with van der Waals surface area (Å²) in [6.07, 6.45) is -4.42. The second-order valence-electron chi connectivity index (χ2n) is 5.17. The lowest BCUT2D eigenvalue weighted by Crippen LogP contribution is -2.23. The van der Waals surface area contributed by atoms with Gasteiger partial charge in [0, 0.05) is 5.69 Å². The minimum atomic E-state index is -4.42. The molecule has 0 bridgehead atoms. The zero-order valence-electron chi connectivity index (χ0n) is 13.0. The zero-order chi connectivity index (χ0) is 17.6. The van der Waals surface area contributed by atoms with Crippen LogP contribution in [0.25, 0.3) is 0 Å². The number of nitrogens with one attached hydrogen (secondary N) is 2. The molecule has 0 aromatic heterocycles. The predicted molar refractivity (Wildman–Crippen MR) is 86.3 cm³/mol.